The Hall–Kier alpha value is -2.78. The molecule has 2 aromatic rings. The summed E-state index contributed by atoms with van der Waals surface area (Å²) in [6, 6.07) is 13.8. The highest BCUT2D eigenvalue weighted by atomic mass is 32.2. The van der Waals surface area contributed by atoms with Crippen molar-refractivity contribution in [2.45, 2.75) is 52.2 Å². The van der Waals surface area contributed by atoms with Gasteiger partial charge in [-0.2, -0.15) is 4.31 Å². The molecule has 2 rings (SSSR count). The number of hydrogen-bond acceptors (Lipinski definition) is 4. The van der Waals surface area contributed by atoms with Gasteiger partial charge < -0.3 is 10.2 Å². The topological polar surface area (TPSA) is 86.8 Å². The summed E-state index contributed by atoms with van der Waals surface area (Å²) in [4.78, 5) is 27.5. The Kier molecular flexibility index (Phi) is 10.7. The van der Waals surface area contributed by atoms with Crippen LogP contribution in [0.2, 0.25) is 0 Å². The van der Waals surface area contributed by atoms with Crippen LogP contribution in [0.3, 0.4) is 0 Å². The molecule has 0 aliphatic rings. The van der Waals surface area contributed by atoms with Crippen LogP contribution in [0.25, 0.3) is 0 Å². The molecular weight excluding hydrogens is 457 g/mol. The van der Waals surface area contributed by atoms with Crippen molar-refractivity contribution >= 4 is 21.8 Å². The van der Waals surface area contributed by atoms with Crippen LogP contribution in [0.15, 0.2) is 54.6 Å². The lowest BCUT2D eigenvalue weighted by Crippen LogP contribution is -2.51. The molecule has 0 unspecified atom stereocenters. The van der Waals surface area contributed by atoms with E-state index in [-0.39, 0.29) is 19.0 Å². The third-order valence-corrected chi connectivity index (χ3v) is 6.69. The summed E-state index contributed by atoms with van der Waals surface area (Å²) in [7, 11) is -3.70. The first kappa shape index (κ1) is 27.5. The third-order valence-electron chi connectivity index (χ3n) is 5.50. The molecule has 9 heteroatoms. The first-order chi connectivity index (χ1) is 16.1. The van der Waals surface area contributed by atoms with E-state index in [1.807, 2.05) is 6.07 Å². The van der Waals surface area contributed by atoms with Gasteiger partial charge in [-0.05, 0) is 36.6 Å². The number of nitrogens with one attached hydrogen (secondary N) is 1. The Morgan fingerprint density at radius 3 is 2.18 bits per heavy atom. The second kappa shape index (κ2) is 13.2. The van der Waals surface area contributed by atoms with Crippen LogP contribution < -0.4 is 5.32 Å². The maximum atomic E-state index is 13.4. The normalized spacial score (nSPS) is 12.4. The van der Waals surface area contributed by atoms with Gasteiger partial charge in [0.25, 0.3) is 0 Å². The SMILES string of the molecule is CCCCCNC(=O)[C@@H](C)N(Cc1ccc(F)cc1)C(=O)CN(Cc1ccccc1)S(C)(=O)=O. The van der Waals surface area contributed by atoms with E-state index >= 15 is 0 Å². The summed E-state index contributed by atoms with van der Waals surface area (Å²) in [6.07, 6.45) is 3.89. The predicted molar refractivity (Wildman–Crippen MR) is 131 cm³/mol. The fourth-order valence-electron chi connectivity index (χ4n) is 3.42. The monoisotopic (exact) mass is 491 g/mol. The third kappa shape index (κ3) is 8.87. The standard InChI is InChI=1S/C25H34FN3O4S/c1-4-5-9-16-27-25(31)20(2)29(18-22-12-14-23(26)15-13-22)24(30)19-28(34(3,32)33)17-21-10-7-6-8-11-21/h6-8,10-15,20H,4-5,9,16-19H2,1-3H3,(H,27,31)/t20-/m1/s1. The van der Waals surface area contributed by atoms with E-state index < -0.39 is 34.3 Å². The molecule has 0 aliphatic carbocycles. The molecule has 0 saturated heterocycles. The van der Waals surface area contributed by atoms with Crippen LogP contribution in [0.4, 0.5) is 4.39 Å². The van der Waals surface area contributed by atoms with E-state index in [2.05, 4.69) is 12.2 Å². The highest BCUT2D eigenvalue weighted by Crippen LogP contribution is 2.14. The van der Waals surface area contributed by atoms with Crippen LogP contribution in [-0.4, -0.2) is 54.8 Å². The quantitative estimate of drug-likeness (QED) is 0.436. The number of amides is 2. The summed E-state index contributed by atoms with van der Waals surface area (Å²) in [5, 5.41) is 2.85. The van der Waals surface area contributed by atoms with Gasteiger partial charge in [0.05, 0.1) is 12.8 Å². The first-order valence-corrected chi connectivity index (χ1v) is 13.3. The van der Waals surface area contributed by atoms with Crippen molar-refractivity contribution in [3.63, 3.8) is 0 Å². The van der Waals surface area contributed by atoms with Gasteiger partial charge in [-0.3, -0.25) is 9.59 Å². The van der Waals surface area contributed by atoms with E-state index in [1.165, 1.54) is 17.0 Å². The lowest BCUT2D eigenvalue weighted by atomic mass is 10.1. The van der Waals surface area contributed by atoms with Crippen molar-refractivity contribution in [2.75, 3.05) is 19.3 Å². The first-order valence-electron chi connectivity index (χ1n) is 11.4. The Morgan fingerprint density at radius 1 is 0.971 bits per heavy atom. The maximum Gasteiger partial charge on any atom is 0.242 e. The molecule has 0 spiro atoms. The highest BCUT2D eigenvalue weighted by Gasteiger charge is 2.29. The molecule has 0 bridgehead atoms. The predicted octanol–water partition coefficient (Wildman–Crippen LogP) is 3.31. The van der Waals surface area contributed by atoms with Gasteiger partial charge in [0.1, 0.15) is 11.9 Å². The van der Waals surface area contributed by atoms with Crippen LogP contribution in [0.5, 0.6) is 0 Å². The molecule has 0 aliphatic heterocycles. The number of carbonyl (C=O) groups excluding carboxylic acids is 2. The Morgan fingerprint density at radius 2 is 1.59 bits per heavy atom. The van der Waals surface area contributed by atoms with Crippen molar-refractivity contribution in [2.24, 2.45) is 0 Å². The summed E-state index contributed by atoms with van der Waals surface area (Å²) < 4.78 is 39.3. The van der Waals surface area contributed by atoms with E-state index in [9.17, 15) is 22.4 Å². The van der Waals surface area contributed by atoms with Crippen LogP contribution in [0, 0.1) is 5.82 Å². The summed E-state index contributed by atoms with van der Waals surface area (Å²) >= 11 is 0. The number of benzene rings is 2. The van der Waals surface area contributed by atoms with Crippen molar-refractivity contribution in [1.82, 2.24) is 14.5 Å². The Labute approximate surface area is 202 Å². The number of nitrogens with zero attached hydrogens (tertiary/aromatic N) is 2. The molecular formula is C25H34FN3O4S. The molecule has 34 heavy (non-hydrogen) atoms. The summed E-state index contributed by atoms with van der Waals surface area (Å²) in [5.41, 5.74) is 1.38. The molecule has 7 nitrogen and oxygen atoms in total. The largest absolute Gasteiger partial charge is 0.354 e. The smallest absolute Gasteiger partial charge is 0.242 e. The lowest BCUT2D eigenvalue weighted by molar-refractivity contribution is -0.140. The minimum atomic E-state index is -3.70. The van der Waals surface area contributed by atoms with Gasteiger partial charge in [-0.25, -0.2) is 12.8 Å². The molecule has 186 valence electrons. The Bertz CT molecular complexity index is 1030. The van der Waals surface area contributed by atoms with Gasteiger partial charge in [-0.15, -0.1) is 0 Å². The lowest BCUT2D eigenvalue weighted by Gasteiger charge is -2.31. The number of halogens is 1. The number of carbonyl (C=O) groups is 2. The molecule has 1 atom stereocenters. The fourth-order valence-corrected chi connectivity index (χ4v) is 4.15. The van der Waals surface area contributed by atoms with Crippen molar-refractivity contribution < 1.29 is 22.4 Å². The van der Waals surface area contributed by atoms with Gasteiger partial charge in [0.2, 0.25) is 21.8 Å². The van der Waals surface area contributed by atoms with Crippen molar-refractivity contribution in [3.05, 3.63) is 71.5 Å². The minimum Gasteiger partial charge on any atom is -0.354 e. The van der Waals surface area contributed by atoms with Crippen molar-refractivity contribution in [1.29, 1.82) is 0 Å². The highest BCUT2D eigenvalue weighted by molar-refractivity contribution is 7.88. The van der Waals surface area contributed by atoms with Gasteiger partial charge >= 0.3 is 0 Å². The van der Waals surface area contributed by atoms with E-state index in [1.54, 1.807) is 43.3 Å². The maximum absolute atomic E-state index is 13.4. The van der Waals surface area contributed by atoms with Crippen molar-refractivity contribution in [3.8, 4) is 0 Å². The van der Waals surface area contributed by atoms with E-state index in [4.69, 9.17) is 0 Å². The number of unbranched alkanes of at least 4 members (excludes halogenated alkanes) is 2. The molecule has 0 aromatic heterocycles. The Balaban J connectivity index is 2.23. The number of hydrogen-bond donors (Lipinski definition) is 1. The van der Waals surface area contributed by atoms with Gasteiger partial charge in [0.15, 0.2) is 0 Å². The van der Waals surface area contributed by atoms with Crippen LogP contribution in [0.1, 0.15) is 44.2 Å². The molecule has 0 radical (unpaired) electrons. The summed E-state index contributed by atoms with van der Waals surface area (Å²) in [5.74, 6) is -1.24. The molecule has 2 amide bonds. The molecule has 0 saturated carbocycles. The van der Waals surface area contributed by atoms with Crippen LogP contribution in [-0.2, 0) is 32.7 Å². The van der Waals surface area contributed by atoms with E-state index in [0.29, 0.717) is 12.1 Å². The second-order valence-corrected chi connectivity index (χ2v) is 10.3. The number of rotatable bonds is 13. The second-order valence-electron chi connectivity index (χ2n) is 8.34. The van der Waals surface area contributed by atoms with Crippen LogP contribution >= 0.6 is 0 Å². The fraction of sp³-hybridized carbons (Fsp3) is 0.440. The van der Waals surface area contributed by atoms with Gasteiger partial charge in [-0.1, -0.05) is 62.2 Å². The molecule has 0 fully saturated rings. The average molecular weight is 492 g/mol. The van der Waals surface area contributed by atoms with E-state index in [0.717, 1.165) is 35.4 Å². The number of sulfonamides is 1. The zero-order valence-electron chi connectivity index (χ0n) is 20.0. The zero-order chi connectivity index (χ0) is 25.1. The van der Waals surface area contributed by atoms with Gasteiger partial charge in [0, 0.05) is 19.6 Å². The molecule has 1 N–H and O–H groups in total. The zero-order valence-corrected chi connectivity index (χ0v) is 20.9. The minimum absolute atomic E-state index is 0.0351. The summed E-state index contributed by atoms with van der Waals surface area (Å²) in [6.45, 7) is 3.84. The molecule has 0 heterocycles. The molecule has 2 aromatic carbocycles. The average Bonchev–Trinajstić information content (AvgIpc) is 2.80.